The van der Waals surface area contributed by atoms with Gasteiger partial charge in [0, 0.05) is 25.0 Å². The smallest absolute Gasteiger partial charge is 0.407 e. The summed E-state index contributed by atoms with van der Waals surface area (Å²) in [7, 11) is 0. The molecule has 33 heavy (non-hydrogen) atoms. The van der Waals surface area contributed by atoms with Gasteiger partial charge in [0.05, 0.1) is 11.8 Å². The van der Waals surface area contributed by atoms with Gasteiger partial charge >= 0.3 is 12.1 Å². The Morgan fingerprint density at radius 3 is 2.27 bits per heavy atom. The maximum atomic E-state index is 13.1. The van der Waals surface area contributed by atoms with E-state index in [2.05, 4.69) is 29.6 Å². The van der Waals surface area contributed by atoms with Gasteiger partial charge in [-0.15, -0.1) is 0 Å². The summed E-state index contributed by atoms with van der Waals surface area (Å²) < 4.78 is 5.56. The average molecular weight is 451 g/mol. The zero-order valence-corrected chi connectivity index (χ0v) is 19.0. The molecule has 7 heteroatoms. The molecule has 2 amide bonds. The van der Waals surface area contributed by atoms with Crippen molar-refractivity contribution in [1.29, 1.82) is 0 Å². The Labute approximate surface area is 193 Å². The number of aliphatic carboxylic acids is 1. The van der Waals surface area contributed by atoms with Gasteiger partial charge in [-0.2, -0.15) is 0 Å². The summed E-state index contributed by atoms with van der Waals surface area (Å²) in [5, 5.41) is 11.8. The molecule has 0 saturated carbocycles. The molecule has 2 N–H and O–H groups in total. The van der Waals surface area contributed by atoms with Crippen LogP contribution in [0.25, 0.3) is 11.1 Å². The van der Waals surface area contributed by atoms with Crippen molar-refractivity contribution in [3.63, 3.8) is 0 Å². The number of nitrogens with one attached hydrogen (secondary N) is 1. The minimum atomic E-state index is -0.908. The fraction of sp³-hybridized carbons (Fsp3) is 0.423. The number of ether oxygens (including phenoxy) is 1. The lowest BCUT2D eigenvalue weighted by molar-refractivity contribution is -0.143. The van der Waals surface area contributed by atoms with E-state index in [1.807, 2.05) is 24.3 Å². The quantitative estimate of drug-likeness (QED) is 0.664. The van der Waals surface area contributed by atoms with E-state index in [-0.39, 0.29) is 37.4 Å². The molecule has 0 bridgehead atoms. The Kier molecular flexibility index (Phi) is 6.40. The molecule has 1 heterocycles. The van der Waals surface area contributed by atoms with Crippen LogP contribution in [-0.2, 0) is 14.3 Å². The summed E-state index contributed by atoms with van der Waals surface area (Å²) in [6.45, 7) is 4.38. The third kappa shape index (κ3) is 4.72. The van der Waals surface area contributed by atoms with Gasteiger partial charge < -0.3 is 20.1 Å². The number of carboxylic acid groups (broad SMARTS) is 1. The van der Waals surface area contributed by atoms with Crippen molar-refractivity contribution in [3.05, 3.63) is 59.7 Å². The average Bonchev–Trinajstić information content (AvgIpc) is 3.37. The van der Waals surface area contributed by atoms with Gasteiger partial charge in [-0.05, 0) is 48.9 Å². The molecule has 4 rings (SSSR count). The molecule has 1 aliphatic heterocycles. The number of alkyl carbamates (subject to hydrolysis) is 1. The number of hydrogen-bond acceptors (Lipinski definition) is 4. The van der Waals surface area contributed by atoms with Gasteiger partial charge in [-0.1, -0.05) is 48.5 Å². The lowest BCUT2D eigenvalue weighted by atomic mass is 9.91. The summed E-state index contributed by atoms with van der Waals surface area (Å²) in [6, 6.07) is 16.0. The standard InChI is InChI=1S/C26H30N2O5/c1-26(2,24(31)28-13-7-8-17(28)14-23(29)30)16-27-25(32)33-15-22-20-11-5-3-9-18(20)19-10-4-6-12-21(19)22/h3-6,9-12,17,22H,7-8,13-16H2,1-2H3,(H,27,32)(H,29,30)/t17-/m0/s1. The number of carbonyl (C=O) groups is 3. The summed E-state index contributed by atoms with van der Waals surface area (Å²) in [4.78, 5) is 38.3. The number of benzene rings is 2. The van der Waals surface area contributed by atoms with E-state index in [4.69, 9.17) is 9.84 Å². The van der Waals surface area contributed by atoms with Crippen LogP contribution in [0.5, 0.6) is 0 Å². The molecule has 0 radical (unpaired) electrons. The number of carboxylic acids is 1. The molecule has 0 spiro atoms. The normalized spacial score (nSPS) is 17.4. The van der Waals surface area contributed by atoms with Crippen LogP contribution in [0.3, 0.4) is 0 Å². The van der Waals surface area contributed by atoms with Crippen molar-refractivity contribution in [3.8, 4) is 11.1 Å². The van der Waals surface area contributed by atoms with Crippen molar-refractivity contribution in [1.82, 2.24) is 10.2 Å². The SMILES string of the molecule is CC(C)(CNC(=O)OCC1c2ccccc2-c2ccccc21)C(=O)N1CCC[C@H]1CC(=O)O. The third-order valence-corrected chi connectivity index (χ3v) is 6.65. The van der Waals surface area contributed by atoms with Gasteiger partial charge in [0.1, 0.15) is 6.61 Å². The molecule has 1 fully saturated rings. The first kappa shape index (κ1) is 22.8. The highest BCUT2D eigenvalue weighted by molar-refractivity contribution is 5.84. The number of nitrogens with zero attached hydrogens (tertiary/aromatic N) is 1. The van der Waals surface area contributed by atoms with Gasteiger partial charge in [0.25, 0.3) is 0 Å². The highest BCUT2D eigenvalue weighted by atomic mass is 16.5. The van der Waals surface area contributed by atoms with Crippen LogP contribution in [0.15, 0.2) is 48.5 Å². The number of rotatable bonds is 7. The fourth-order valence-electron chi connectivity index (χ4n) is 4.92. The molecule has 2 aliphatic rings. The number of amides is 2. The van der Waals surface area contributed by atoms with Crippen LogP contribution < -0.4 is 5.32 Å². The molecule has 7 nitrogen and oxygen atoms in total. The van der Waals surface area contributed by atoms with Crippen LogP contribution in [0.2, 0.25) is 0 Å². The number of likely N-dealkylation sites (tertiary alicyclic amines) is 1. The van der Waals surface area contributed by atoms with E-state index in [0.717, 1.165) is 28.7 Å². The van der Waals surface area contributed by atoms with Gasteiger partial charge in [0.15, 0.2) is 0 Å². The second-order valence-electron chi connectivity index (χ2n) is 9.46. The Balaban J connectivity index is 1.34. The molecular formula is C26H30N2O5. The summed E-state index contributed by atoms with van der Waals surface area (Å²) in [5.74, 6) is -1.08. The Morgan fingerprint density at radius 2 is 1.67 bits per heavy atom. The van der Waals surface area contributed by atoms with Gasteiger partial charge in [0.2, 0.25) is 5.91 Å². The first-order chi connectivity index (χ1) is 15.8. The maximum absolute atomic E-state index is 13.1. The third-order valence-electron chi connectivity index (χ3n) is 6.65. The predicted molar refractivity (Wildman–Crippen MR) is 124 cm³/mol. The van der Waals surface area contributed by atoms with Crippen LogP contribution in [0.4, 0.5) is 4.79 Å². The molecule has 0 aromatic heterocycles. The fourth-order valence-corrected chi connectivity index (χ4v) is 4.92. The van der Waals surface area contributed by atoms with Crippen molar-refractivity contribution in [2.45, 2.75) is 45.1 Å². The number of hydrogen-bond donors (Lipinski definition) is 2. The molecular weight excluding hydrogens is 420 g/mol. The molecule has 1 aliphatic carbocycles. The first-order valence-electron chi connectivity index (χ1n) is 11.4. The largest absolute Gasteiger partial charge is 0.481 e. The molecule has 0 unspecified atom stereocenters. The molecule has 1 saturated heterocycles. The molecule has 2 aromatic rings. The van der Waals surface area contributed by atoms with E-state index < -0.39 is 17.5 Å². The minimum absolute atomic E-state index is 0.0285. The van der Waals surface area contributed by atoms with Crippen molar-refractivity contribution < 1.29 is 24.2 Å². The van der Waals surface area contributed by atoms with Crippen molar-refractivity contribution in [2.75, 3.05) is 19.7 Å². The van der Waals surface area contributed by atoms with Crippen LogP contribution in [0, 0.1) is 5.41 Å². The zero-order valence-electron chi connectivity index (χ0n) is 19.0. The zero-order chi connectivity index (χ0) is 23.6. The van der Waals surface area contributed by atoms with E-state index in [0.29, 0.717) is 13.0 Å². The predicted octanol–water partition coefficient (Wildman–Crippen LogP) is 4.02. The van der Waals surface area contributed by atoms with E-state index in [9.17, 15) is 14.4 Å². The van der Waals surface area contributed by atoms with Gasteiger partial charge in [-0.25, -0.2) is 4.79 Å². The summed E-state index contributed by atoms with van der Waals surface area (Å²) >= 11 is 0. The maximum Gasteiger partial charge on any atom is 0.407 e. The van der Waals surface area contributed by atoms with Crippen LogP contribution in [-0.4, -0.2) is 53.7 Å². The van der Waals surface area contributed by atoms with Crippen LogP contribution >= 0.6 is 0 Å². The second-order valence-corrected chi connectivity index (χ2v) is 9.46. The Bertz CT molecular complexity index is 1020. The van der Waals surface area contributed by atoms with E-state index in [1.54, 1.807) is 18.7 Å². The second kappa shape index (κ2) is 9.25. The Morgan fingerprint density at radius 1 is 1.06 bits per heavy atom. The molecule has 1 atom stereocenters. The lowest BCUT2D eigenvalue weighted by Crippen LogP contribution is -2.49. The van der Waals surface area contributed by atoms with Crippen molar-refractivity contribution in [2.24, 2.45) is 5.41 Å². The van der Waals surface area contributed by atoms with Crippen LogP contribution in [0.1, 0.15) is 50.2 Å². The highest BCUT2D eigenvalue weighted by Crippen LogP contribution is 2.44. The van der Waals surface area contributed by atoms with Crippen molar-refractivity contribution >= 4 is 18.0 Å². The van der Waals surface area contributed by atoms with E-state index >= 15 is 0 Å². The number of fused-ring (bicyclic) bond motifs is 3. The monoisotopic (exact) mass is 450 g/mol. The molecule has 174 valence electrons. The Hall–Kier alpha value is -3.35. The minimum Gasteiger partial charge on any atom is -0.481 e. The van der Waals surface area contributed by atoms with Gasteiger partial charge in [-0.3, -0.25) is 9.59 Å². The highest BCUT2D eigenvalue weighted by Gasteiger charge is 2.39. The summed E-state index contributed by atoms with van der Waals surface area (Å²) in [6.07, 6.45) is 0.857. The summed E-state index contributed by atoms with van der Waals surface area (Å²) in [5.41, 5.74) is 3.74. The lowest BCUT2D eigenvalue weighted by Gasteiger charge is -2.32. The topological polar surface area (TPSA) is 95.9 Å². The molecule has 2 aromatic carbocycles. The first-order valence-corrected chi connectivity index (χ1v) is 11.4. The number of carbonyl (C=O) groups excluding carboxylic acids is 2. The van der Waals surface area contributed by atoms with E-state index in [1.165, 1.54) is 0 Å².